The van der Waals surface area contributed by atoms with Crippen molar-refractivity contribution in [1.82, 2.24) is 0 Å². The van der Waals surface area contributed by atoms with E-state index in [-0.39, 0.29) is 5.91 Å². The molecule has 0 aliphatic heterocycles. The number of carbonyl (C=O) groups excluding carboxylic acids is 1. The number of halogens is 2. The molecule has 6 heteroatoms. The van der Waals surface area contributed by atoms with Gasteiger partial charge in [0.25, 0.3) is 5.91 Å². The topological polar surface area (TPSA) is 58.6 Å². The number of amides is 1. The number of aliphatic hydroxyl groups is 1. The van der Waals surface area contributed by atoms with E-state index in [0.717, 1.165) is 0 Å². The molecular formula is C22H19BrClNO3. The molecule has 0 aliphatic rings. The summed E-state index contributed by atoms with van der Waals surface area (Å²) in [6, 6.07) is 19.3. The van der Waals surface area contributed by atoms with E-state index in [1.807, 2.05) is 37.3 Å². The summed E-state index contributed by atoms with van der Waals surface area (Å²) in [5, 5.41) is 14.1. The lowest BCUT2D eigenvalue weighted by Crippen LogP contribution is -2.15. The first-order chi connectivity index (χ1) is 13.5. The third-order valence-electron chi connectivity index (χ3n) is 4.17. The molecular weight excluding hydrogens is 442 g/mol. The van der Waals surface area contributed by atoms with E-state index in [4.69, 9.17) is 16.3 Å². The molecule has 0 unspecified atom stereocenters. The molecule has 3 rings (SSSR count). The maximum atomic E-state index is 12.7. The Labute approximate surface area is 177 Å². The molecule has 0 spiro atoms. The number of carbonyl (C=O) groups is 1. The summed E-state index contributed by atoms with van der Waals surface area (Å²) in [6.45, 7) is 2.43. The predicted octanol–water partition coefficient (Wildman–Crippen LogP) is 5.84. The fraction of sp³-hybridized carbons (Fsp3) is 0.136. The second-order valence-corrected chi connectivity index (χ2v) is 7.37. The first-order valence-corrected chi connectivity index (χ1v) is 9.93. The molecule has 4 nitrogen and oxygen atoms in total. The Hall–Kier alpha value is -2.34. The Morgan fingerprint density at radius 3 is 2.57 bits per heavy atom. The summed E-state index contributed by atoms with van der Waals surface area (Å²) in [7, 11) is 0. The maximum absolute atomic E-state index is 12.7. The van der Waals surface area contributed by atoms with Gasteiger partial charge in [0.1, 0.15) is 11.9 Å². The molecule has 144 valence electrons. The van der Waals surface area contributed by atoms with Crippen LogP contribution in [0.3, 0.4) is 0 Å². The van der Waals surface area contributed by atoms with Crippen molar-refractivity contribution in [3.8, 4) is 5.75 Å². The number of hydrogen-bond acceptors (Lipinski definition) is 3. The van der Waals surface area contributed by atoms with Crippen molar-refractivity contribution in [3.05, 3.63) is 92.9 Å². The van der Waals surface area contributed by atoms with Crippen LogP contribution >= 0.6 is 27.5 Å². The Morgan fingerprint density at radius 2 is 1.89 bits per heavy atom. The molecule has 0 bridgehead atoms. The summed E-state index contributed by atoms with van der Waals surface area (Å²) < 4.78 is 6.17. The summed E-state index contributed by atoms with van der Waals surface area (Å²) >= 11 is 9.54. The van der Waals surface area contributed by atoms with E-state index in [1.165, 1.54) is 0 Å². The molecule has 2 N–H and O–H groups in total. The first-order valence-electron chi connectivity index (χ1n) is 8.75. The number of benzene rings is 3. The highest BCUT2D eigenvalue weighted by atomic mass is 79.9. The van der Waals surface area contributed by atoms with E-state index < -0.39 is 6.10 Å². The van der Waals surface area contributed by atoms with Crippen molar-refractivity contribution >= 4 is 39.1 Å². The molecule has 1 atom stereocenters. The Bertz CT molecular complexity index is 979. The van der Waals surface area contributed by atoms with Gasteiger partial charge in [0.05, 0.1) is 11.1 Å². The van der Waals surface area contributed by atoms with E-state index in [0.29, 0.717) is 44.2 Å². The van der Waals surface area contributed by atoms with Crippen LogP contribution in [0.2, 0.25) is 5.02 Å². The van der Waals surface area contributed by atoms with E-state index in [9.17, 15) is 9.90 Å². The molecule has 0 saturated heterocycles. The van der Waals surface area contributed by atoms with Crippen LogP contribution in [0.4, 0.5) is 5.69 Å². The van der Waals surface area contributed by atoms with Gasteiger partial charge < -0.3 is 15.2 Å². The van der Waals surface area contributed by atoms with Crippen molar-refractivity contribution < 1.29 is 14.6 Å². The zero-order chi connectivity index (χ0) is 20.1. The number of rotatable bonds is 6. The highest BCUT2D eigenvalue weighted by Gasteiger charge is 2.18. The fourth-order valence-electron chi connectivity index (χ4n) is 2.80. The van der Waals surface area contributed by atoms with Gasteiger partial charge in [-0.1, -0.05) is 41.9 Å². The predicted molar refractivity (Wildman–Crippen MR) is 115 cm³/mol. The van der Waals surface area contributed by atoms with Gasteiger partial charge in [0.2, 0.25) is 0 Å². The highest BCUT2D eigenvalue weighted by molar-refractivity contribution is 9.10. The summed E-state index contributed by atoms with van der Waals surface area (Å²) in [5.41, 5.74) is 2.20. The van der Waals surface area contributed by atoms with Crippen molar-refractivity contribution in [2.75, 3.05) is 11.9 Å². The monoisotopic (exact) mass is 459 g/mol. The Morgan fingerprint density at radius 1 is 1.14 bits per heavy atom. The van der Waals surface area contributed by atoms with E-state index >= 15 is 0 Å². The smallest absolute Gasteiger partial charge is 0.255 e. The molecule has 0 radical (unpaired) electrons. The third kappa shape index (κ3) is 4.73. The number of nitrogens with one attached hydrogen (secondary N) is 1. The zero-order valence-electron chi connectivity index (χ0n) is 15.2. The Balaban J connectivity index is 1.88. The van der Waals surface area contributed by atoms with Crippen molar-refractivity contribution in [2.45, 2.75) is 13.0 Å². The lowest BCUT2D eigenvalue weighted by molar-refractivity contribution is 0.102. The minimum Gasteiger partial charge on any atom is -0.493 e. The van der Waals surface area contributed by atoms with Crippen LogP contribution in [0.15, 0.2) is 71.2 Å². The van der Waals surface area contributed by atoms with Crippen molar-refractivity contribution in [1.29, 1.82) is 0 Å². The lowest BCUT2D eigenvalue weighted by Gasteiger charge is -2.17. The maximum Gasteiger partial charge on any atom is 0.255 e. The van der Waals surface area contributed by atoms with Crippen LogP contribution < -0.4 is 10.1 Å². The van der Waals surface area contributed by atoms with Gasteiger partial charge in [-0.15, -0.1) is 0 Å². The van der Waals surface area contributed by atoms with Crippen molar-refractivity contribution in [2.24, 2.45) is 0 Å². The van der Waals surface area contributed by atoms with Gasteiger partial charge in [0, 0.05) is 21.8 Å². The molecule has 0 aromatic heterocycles. The van der Waals surface area contributed by atoms with Gasteiger partial charge in [-0.3, -0.25) is 4.79 Å². The zero-order valence-corrected chi connectivity index (χ0v) is 17.5. The average molecular weight is 461 g/mol. The van der Waals surface area contributed by atoms with Gasteiger partial charge >= 0.3 is 0 Å². The fourth-order valence-corrected chi connectivity index (χ4v) is 3.47. The van der Waals surface area contributed by atoms with Crippen molar-refractivity contribution in [3.63, 3.8) is 0 Å². The van der Waals surface area contributed by atoms with Gasteiger partial charge in [0.15, 0.2) is 0 Å². The quantitative estimate of drug-likeness (QED) is 0.486. The van der Waals surface area contributed by atoms with E-state index in [1.54, 1.807) is 36.4 Å². The lowest BCUT2D eigenvalue weighted by atomic mass is 9.99. The SMILES string of the molecule is CCOc1ccc(C(=O)Nc2ccc(Cl)cc2[C@H](O)c2ccccc2)cc1Br. The molecule has 1 amide bonds. The van der Waals surface area contributed by atoms with Gasteiger partial charge in [-0.2, -0.15) is 0 Å². The van der Waals surface area contributed by atoms with Crippen LogP contribution in [-0.2, 0) is 0 Å². The number of hydrogen-bond donors (Lipinski definition) is 2. The second-order valence-electron chi connectivity index (χ2n) is 6.08. The molecule has 0 heterocycles. The standard InChI is InChI=1S/C22H19BrClNO3/c1-2-28-20-11-8-15(12-18(20)23)22(27)25-19-10-9-16(24)13-17(19)21(26)14-6-4-3-5-7-14/h3-13,21,26H,2H2,1H3,(H,25,27)/t21-/m1/s1. The molecule has 3 aromatic rings. The largest absolute Gasteiger partial charge is 0.493 e. The molecule has 0 saturated carbocycles. The first kappa shape index (κ1) is 20.4. The van der Waals surface area contributed by atoms with Crippen LogP contribution in [-0.4, -0.2) is 17.6 Å². The second kappa shape index (κ2) is 9.24. The van der Waals surface area contributed by atoms with Crippen LogP contribution in [0.25, 0.3) is 0 Å². The number of aliphatic hydroxyl groups excluding tert-OH is 1. The van der Waals surface area contributed by atoms with Gasteiger partial charge in [-0.05, 0) is 64.8 Å². The minimum absolute atomic E-state index is 0.299. The van der Waals surface area contributed by atoms with Gasteiger partial charge in [-0.25, -0.2) is 0 Å². The van der Waals surface area contributed by atoms with Crippen LogP contribution in [0, 0.1) is 0 Å². The minimum atomic E-state index is -0.915. The summed E-state index contributed by atoms with van der Waals surface area (Å²) in [5.74, 6) is 0.373. The number of ether oxygens (including phenoxy) is 1. The normalized spacial score (nSPS) is 11.7. The third-order valence-corrected chi connectivity index (χ3v) is 5.02. The highest BCUT2D eigenvalue weighted by Crippen LogP contribution is 2.32. The molecule has 3 aromatic carbocycles. The summed E-state index contributed by atoms with van der Waals surface area (Å²) in [6.07, 6.45) is -0.915. The molecule has 0 fully saturated rings. The van der Waals surface area contributed by atoms with E-state index in [2.05, 4.69) is 21.2 Å². The summed E-state index contributed by atoms with van der Waals surface area (Å²) in [4.78, 5) is 12.7. The Kier molecular flexibility index (Phi) is 6.73. The molecule has 0 aliphatic carbocycles. The number of anilines is 1. The van der Waals surface area contributed by atoms with Crippen LogP contribution in [0.1, 0.15) is 34.5 Å². The average Bonchev–Trinajstić information content (AvgIpc) is 2.71. The molecule has 28 heavy (non-hydrogen) atoms. The van der Waals surface area contributed by atoms with Crippen LogP contribution in [0.5, 0.6) is 5.75 Å².